The number of nitrogens with two attached hydrogens (primary N) is 1. The molecule has 4 nitrogen and oxygen atoms in total. The van der Waals surface area contributed by atoms with E-state index in [0.29, 0.717) is 19.6 Å². The summed E-state index contributed by atoms with van der Waals surface area (Å²) in [5.41, 5.74) is 6.44. The van der Waals surface area contributed by atoms with Crippen molar-refractivity contribution in [1.29, 1.82) is 0 Å². The Morgan fingerprint density at radius 1 is 1.29 bits per heavy atom. The highest BCUT2D eigenvalue weighted by Gasteiger charge is 1.96. The molecule has 0 atom stereocenters. The van der Waals surface area contributed by atoms with Crippen LogP contribution < -0.4 is 5.73 Å². The summed E-state index contributed by atoms with van der Waals surface area (Å²) < 4.78 is 5.49. The topological polar surface area (TPSA) is 67.8 Å². The molecule has 0 aliphatic heterocycles. The van der Waals surface area contributed by atoms with Crippen molar-refractivity contribution in [1.82, 2.24) is 0 Å². The molecule has 0 bridgehead atoms. The molecule has 3 N–H and O–H groups in total. The van der Waals surface area contributed by atoms with Crippen LogP contribution in [0.25, 0.3) is 0 Å². The fourth-order valence-electron chi connectivity index (χ4n) is 1.33. The standard InChI is InChI=1S/C12H17ClN2O2/c13-11-6-4-10(5-7-11)9-17-8-2-1-3-12(14)15-16/h4-7,16H,1-3,8-9H2,(H2,14,15). The molecule has 0 heterocycles. The van der Waals surface area contributed by atoms with Gasteiger partial charge in [-0.2, -0.15) is 0 Å². The van der Waals surface area contributed by atoms with E-state index in [2.05, 4.69) is 5.16 Å². The number of nitrogens with zero attached hydrogens (tertiary/aromatic N) is 1. The maximum Gasteiger partial charge on any atom is 0.139 e. The predicted octanol–water partition coefficient (Wildman–Crippen LogP) is 2.77. The summed E-state index contributed by atoms with van der Waals surface area (Å²) >= 11 is 5.77. The van der Waals surface area contributed by atoms with Gasteiger partial charge in [-0.1, -0.05) is 28.9 Å². The highest BCUT2D eigenvalue weighted by molar-refractivity contribution is 6.30. The summed E-state index contributed by atoms with van der Waals surface area (Å²) in [6.45, 7) is 1.25. The second kappa shape index (κ2) is 7.92. The van der Waals surface area contributed by atoms with Crippen LogP contribution in [-0.2, 0) is 11.3 Å². The highest BCUT2D eigenvalue weighted by Crippen LogP contribution is 2.10. The van der Waals surface area contributed by atoms with Crippen LogP contribution >= 0.6 is 11.6 Å². The SMILES string of the molecule is NC(CCCCOCc1ccc(Cl)cc1)=NO. The van der Waals surface area contributed by atoms with Crippen LogP contribution in [-0.4, -0.2) is 17.6 Å². The van der Waals surface area contributed by atoms with Crippen LogP contribution in [0.4, 0.5) is 0 Å². The zero-order chi connectivity index (χ0) is 12.5. The average molecular weight is 257 g/mol. The van der Waals surface area contributed by atoms with Crippen LogP contribution in [0.15, 0.2) is 29.4 Å². The van der Waals surface area contributed by atoms with E-state index < -0.39 is 0 Å². The lowest BCUT2D eigenvalue weighted by Gasteiger charge is -2.04. The van der Waals surface area contributed by atoms with E-state index in [-0.39, 0.29) is 5.84 Å². The first-order valence-electron chi connectivity index (χ1n) is 5.51. The Morgan fingerprint density at radius 2 is 2.00 bits per heavy atom. The van der Waals surface area contributed by atoms with Crippen molar-refractivity contribution in [2.24, 2.45) is 10.9 Å². The fourth-order valence-corrected chi connectivity index (χ4v) is 1.46. The molecule has 0 spiro atoms. The Kier molecular flexibility index (Phi) is 6.43. The van der Waals surface area contributed by atoms with Crippen LogP contribution in [0, 0.1) is 0 Å². The van der Waals surface area contributed by atoms with Gasteiger partial charge < -0.3 is 15.7 Å². The number of unbranched alkanes of at least 4 members (excludes halogenated alkanes) is 1. The number of amidine groups is 1. The smallest absolute Gasteiger partial charge is 0.139 e. The summed E-state index contributed by atoms with van der Waals surface area (Å²) in [7, 11) is 0. The molecule has 0 aromatic heterocycles. The van der Waals surface area contributed by atoms with Gasteiger partial charge in [-0.25, -0.2) is 0 Å². The predicted molar refractivity (Wildman–Crippen MR) is 68.4 cm³/mol. The number of hydrogen-bond acceptors (Lipinski definition) is 3. The van der Waals surface area contributed by atoms with Crippen LogP contribution in [0.3, 0.4) is 0 Å². The molecule has 0 aliphatic rings. The minimum atomic E-state index is 0.266. The second-order valence-corrected chi connectivity index (χ2v) is 4.16. The van der Waals surface area contributed by atoms with Gasteiger partial charge in [0.05, 0.1) is 6.61 Å². The normalized spacial score (nSPS) is 11.7. The molecule has 0 saturated heterocycles. The molecule has 17 heavy (non-hydrogen) atoms. The minimum absolute atomic E-state index is 0.266. The summed E-state index contributed by atoms with van der Waals surface area (Å²) in [6.07, 6.45) is 2.35. The van der Waals surface area contributed by atoms with E-state index >= 15 is 0 Å². The molecule has 1 rings (SSSR count). The van der Waals surface area contributed by atoms with Crippen molar-refractivity contribution in [2.75, 3.05) is 6.61 Å². The second-order valence-electron chi connectivity index (χ2n) is 3.73. The number of benzene rings is 1. The van der Waals surface area contributed by atoms with Gasteiger partial charge in [-0.15, -0.1) is 0 Å². The maximum atomic E-state index is 8.33. The van der Waals surface area contributed by atoms with Crippen molar-refractivity contribution >= 4 is 17.4 Å². The monoisotopic (exact) mass is 256 g/mol. The van der Waals surface area contributed by atoms with Gasteiger partial charge in [0.1, 0.15) is 5.84 Å². The largest absolute Gasteiger partial charge is 0.409 e. The van der Waals surface area contributed by atoms with Crippen molar-refractivity contribution in [3.8, 4) is 0 Å². The molecule has 0 unspecified atom stereocenters. The molecular weight excluding hydrogens is 240 g/mol. The van der Waals surface area contributed by atoms with Gasteiger partial charge in [0.2, 0.25) is 0 Å². The van der Waals surface area contributed by atoms with Gasteiger partial charge in [0.15, 0.2) is 0 Å². The third kappa shape index (κ3) is 6.14. The number of ether oxygens (including phenoxy) is 1. The van der Waals surface area contributed by atoms with Crippen LogP contribution in [0.5, 0.6) is 0 Å². The van der Waals surface area contributed by atoms with E-state index in [1.54, 1.807) is 0 Å². The fraction of sp³-hybridized carbons (Fsp3) is 0.417. The molecular formula is C12H17ClN2O2. The minimum Gasteiger partial charge on any atom is -0.409 e. The van der Waals surface area contributed by atoms with E-state index in [0.717, 1.165) is 23.4 Å². The van der Waals surface area contributed by atoms with Gasteiger partial charge in [0, 0.05) is 18.1 Å². The van der Waals surface area contributed by atoms with Gasteiger partial charge >= 0.3 is 0 Å². The number of hydrogen-bond donors (Lipinski definition) is 2. The zero-order valence-corrected chi connectivity index (χ0v) is 10.4. The summed E-state index contributed by atoms with van der Waals surface area (Å²) in [6, 6.07) is 7.58. The van der Waals surface area contributed by atoms with E-state index in [1.165, 1.54) is 0 Å². The van der Waals surface area contributed by atoms with Gasteiger partial charge in [0.25, 0.3) is 0 Å². The Bertz CT molecular complexity index is 352. The molecule has 0 saturated carbocycles. The molecule has 0 amide bonds. The maximum absolute atomic E-state index is 8.33. The third-order valence-electron chi connectivity index (χ3n) is 2.28. The number of halogens is 1. The Labute approximate surface area is 106 Å². The van der Waals surface area contributed by atoms with Crippen molar-refractivity contribution in [2.45, 2.75) is 25.9 Å². The van der Waals surface area contributed by atoms with E-state index in [9.17, 15) is 0 Å². The van der Waals surface area contributed by atoms with E-state index in [4.69, 9.17) is 27.3 Å². The van der Waals surface area contributed by atoms with Crippen molar-refractivity contribution < 1.29 is 9.94 Å². The first-order valence-corrected chi connectivity index (χ1v) is 5.89. The van der Waals surface area contributed by atoms with Crippen LogP contribution in [0.1, 0.15) is 24.8 Å². The highest BCUT2D eigenvalue weighted by atomic mass is 35.5. The first-order chi connectivity index (χ1) is 8.22. The summed E-state index contributed by atoms with van der Waals surface area (Å²) in [5, 5.41) is 12.0. The summed E-state index contributed by atoms with van der Waals surface area (Å²) in [5.74, 6) is 0.266. The Hall–Kier alpha value is -1.26. The molecule has 0 radical (unpaired) electrons. The molecule has 1 aromatic carbocycles. The number of oxime groups is 1. The zero-order valence-electron chi connectivity index (χ0n) is 9.60. The lowest BCUT2D eigenvalue weighted by Crippen LogP contribution is -2.11. The molecule has 0 fully saturated rings. The van der Waals surface area contributed by atoms with Gasteiger partial charge in [-0.05, 0) is 30.5 Å². The molecule has 94 valence electrons. The summed E-state index contributed by atoms with van der Waals surface area (Å²) in [4.78, 5) is 0. The molecule has 1 aromatic rings. The number of rotatable bonds is 7. The third-order valence-corrected chi connectivity index (χ3v) is 2.53. The van der Waals surface area contributed by atoms with E-state index in [1.807, 2.05) is 24.3 Å². The van der Waals surface area contributed by atoms with Crippen LogP contribution in [0.2, 0.25) is 5.02 Å². The Balaban J connectivity index is 2.06. The lowest BCUT2D eigenvalue weighted by atomic mass is 10.2. The lowest BCUT2D eigenvalue weighted by molar-refractivity contribution is 0.117. The average Bonchev–Trinajstić information content (AvgIpc) is 2.35. The van der Waals surface area contributed by atoms with Crippen molar-refractivity contribution in [3.05, 3.63) is 34.9 Å². The first kappa shape index (κ1) is 13.8. The quantitative estimate of drug-likeness (QED) is 0.259. The Morgan fingerprint density at radius 3 is 2.65 bits per heavy atom. The molecule has 0 aliphatic carbocycles. The molecule has 5 heteroatoms. The van der Waals surface area contributed by atoms with Gasteiger partial charge in [-0.3, -0.25) is 0 Å². The van der Waals surface area contributed by atoms with Crippen molar-refractivity contribution in [3.63, 3.8) is 0 Å².